The van der Waals surface area contributed by atoms with E-state index >= 15 is 0 Å². The maximum absolute atomic E-state index is 5.32. The number of hydrogen-bond acceptors (Lipinski definition) is 3. The van der Waals surface area contributed by atoms with E-state index in [1.165, 1.54) is 58.8 Å². The molecule has 4 heteroatoms. The molecule has 0 saturated heterocycles. The molecule has 45 heavy (non-hydrogen) atoms. The van der Waals surface area contributed by atoms with Gasteiger partial charge in [0.2, 0.25) is 0 Å². The molecule has 0 atom stereocenters. The van der Waals surface area contributed by atoms with Crippen molar-refractivity contribution in [3.63, 3.8) is 0 Å². The van der Waals surface area contributed by atoms with Crippen LogP contribution in [0.3, 0.4) is 0 Å². The Morgan fingerprint density at radius 3 is 2.27 bits per heavy atom. The van der Waals surface area contributed by atoms with Crippen molar-refractivity contribution in [3.8, 4) is 28.3 Å². The summed E-state index contributed by atoms with van der Waals surface area (Å²) in [6, 6.07) is 45.9. The van der Waals surface area contributed by atoms with Crippen molar-refractivity contribution in [2.24, 2.45) is 0 Å². The van der Waals surface area contributed by atoms with Crippen LogP contribution in [0.4, 0.5) is 0 Å². The van der Waals surface area contributed by atoms with Crippen LogP contribution in [0.15, 0.2) is 127 Å². The van der Waals surface area contributed by atoms with Gasteiger partial charge in [0.05, 0.1) is 22.4 Å². The SMILES string of the molecule is CC1(C)c2cc(-c3nc(-c4cccc5ccccc45)c4ccccc4n3)ccc2-n2c3sc4ccccc4c3c3cccc1c32. The zero-order valence-corrected chi connectivity index (χ0v) is 25.7. The molecule has 0 aliphatic carbocycles. The van der Waals surface area contributed by atoms with E-state index < -0.39 is 0 Å². The molecular weight excluding hydrogens is 567 g/mol. The molecule has 0 N–H and O–H groups in total. The normalized spacial score (nSPS) is 13.7. The molecule has 0 fully saturated rings. The van der Waals surface area contributed by atoms with E-state index in [1.54, 1.807) is 0 Å². The Hall–Kier alpha value is -5.32. The van der Waals surface area contributed by atoms with Gasteiger partial charge < -0.3 is 4.57 Å². The summed E-state index contributed by atoms with van der Waals surface area (Å²) in [6.45, 7) is 4.71. The van der Waals surface area contributed by atoms with Crippen LogP contribution in [0, 0.1) is 0 Å². The lowest BCUT2D eigenvalue weighted by Crippen LogP contribution is -2.26. The van der Waals surface area contributed by atoms with Gasteiger partial charge in [0.1, 0.15) is 4.83 Å². The molecule has 9 aromatic rings. The second kappa shape index (κ2) is 8.87. The first-order valence-corrected chi connectivity index (χ1v) is 16.2. The number of nitrogens with zero attached hydrogens (tertiary/aromatic N) is 3. The molecule has 0 spiro atoms. The fraction of sp³-hybridized carbons (Fsp3) is 0.0732. The van der Waals surface area contributed by atoms with Crippen LogP contribution in [-0.4, -0.2) is 14.5 Å². The molecule has 3 aromatic heterocycles. The fourth-order valence-electron chi connectivity index (χ4n) is 7.63. The topological polar surface area (TPSA) is 30.7 Å². The number of hydrogen-bond donors (Lipinski definition) is 0. The molecule has 0 saturated carbocycles. The van der Waals surface area contributed by atoms with Gasteiger partial charge in [-0.15, -0.1) is 11.3 Å². The molecule has 1 aliphatic rings. The Balaban J connectivity index is 1.24. The minimum absolute atomic E-state index is 0.202. The quantitative estimate of drug-likeness (QED) is 0.200. The number of aromatic nitrogens is 3. The zero-order chi connectivity index (χ0) is 29.9. The lowest BCUT2D eigenvalue weighted by molar-refractivity contribution is 0.630. The van der Waals surface area contributed by atoms with E-state index in [9.17, 15) is 0 Å². The van der Waals surface area contributed by atoms with Gasteiger partial charge in [0, 0.05) is 42.8 Å². The van der Waals surface area contributed by atoms with E-state index in [-0.39, 0.29) is 5.41 Å². The van der Waals surface area contributed by atoms with Crippen LogP contribution >= 0.6 is 11.3 Å². The van der Waals surface area contributed by atoms with E-state index in [0.717, 1.165) is 33.5 Å². The highest BCUT2D eigenvalue weighted by Gasteiger charge is 2.36. The van der Waals surface area contributed by atoms with E-state index in [1.807, 2.05) is 11.3 Å². The fourth-order valence-corrected chi connectivity index (χ4v) is 8.87. The summed E-state index contributed by atoms with van der Waals surface area (Å²) in [6.07, 6.45) is 0. The first-order valence-electron chi connectivity index (χ1n) is 15.4. The van der Waals surface area contributed by atoms with Crippen LogP contribution < -0.4 is 0 Å². The van der Waals surface area contributed by atoms with Gasteiger partial charge >= 0.3 is 0 Å². The van der Waals surface area contributed by atoms with Gasteiger partial charge in [0.15, 0.2) is 5.82 Å². The van der Waals surface area contributed by atoms with E-state index in [0.29, 0.717) is 0 Å². The Labute approximate surface area is 264 Å². The highest BCUT2D eigenvalue weighted by molar-refractivity contribution is 7.25. The number of para-hydroxylation sites is 2. The Morgan fingerprint density at radius 1 is 0.622 bits per heavy atom. The second-order valence-corrected chi connectivity index (χ2v) is 13.6. The van der Waals surface area contributed by atoms with Gasteiger partial charge in [-0.2, -0.15) is 0 Å². The summed E-state index contributed by atoms with van der Waals surface area (Å²) in [5.74, 6) is 0.749. The van der Waals surface area contributed by atoms with Crippen molar-refractivity contribution in [3.05, 3.63) is 139 Å². The highest BCUT2D eigenvalue weighted by atomic mass is 32.1. The first-order chi connectivity index (χ1) is 22.1. The van der Waals surface area contributed by atoms with Crippen LogP contribution in [0.5, 0.6) is 0 Å². The Bertz CT molecular complexity index is 2690. The zero-order valence-electron chi connectivity index (χ0n) is 24.9. The minimum atomic E-state index is -0.202. The maximum Gasteiger partial charge on any atom is 0.160 e. The summed E-state index contributed by atoms with van der Waals surface area (Å²) < 4.78 is 3.84. The van der Waals surface area contributed by atoms with Crippen LogP contribution in [0.25, 0.3) is 81.2 Å². The third-order valence-corrected chi connectivity index (χ3v) is 11.0. The predicted molar refractivity (Wildman–Crippen MR) is 190 cm³/mol. The summed E-state index contributed by atoms with van der Waals surface area (Å²) in [4.78, 5) is 11.8. The third-order valence-electron chi connectivity index (χ3n) is 9.80. The van der Waals surface area contributed by atoms with Crippen molar-refractivity contribution < 1.29 is 0 Å². The molecule has 0 radical (unpaired) electrons. The number of fused-ring (bicyclic) bond motifs is 9. The van der Waals surface area contributed by atoms with E-state index in [2.05, 4.69) is 146 Å². The molecule has 3 nitrogen and oxygen atoms in total. The molecule has 0 amide bonds. The van der Waals surface area contributed by atoms with Crippen LogP contribution in [-0.2, 0) is 5.41 Å². The molecule has 0 bridgehead atoms. The standard InChI is InChI=1S/C41H27N3S/c1-41(2)31-18-10-17-30-36-29-15-6-8-20-35(29)45-40(36)44(38(30)31)34-22-21-25(23-32(34)41)39-42-33-19-7-5-14-28(33)37(43-39)27-16-9-12-24-11-3-4-13-26(24)27/h3-23H,1-2H3. The summed E-state index contributed by atoms with van der Waals surface area (Å²) in [5, 5.41) is 7.49. The van der Waals surface area contributed by atoms with Gasteiger partial charge in [-0.25, -0.2) is 9.97 Å². The third kappa shape index (κ3) is 3.35. The van der Waals surface area contributed by atoms with Crippen molar-refractivity contribution >= 4 is 64.2 Å². The average Bonchev–Trinajstić information content (AvgIpc) is 3.62. The van der Waals surface area contributed by atoms with Crippen LogP contribution in [0.1, 0.15) is 25.0 Å². The Morgan fingerprint density at radius 2 is 1.36 bits per heavy atom. The smallest absolute Gasteiger partial charge is 0.160 e. The predicted octanol–water partition coefficient (Wildman–Crippen LogP) is 11.1. The van der Waals surface area contributed by atoms with Crippen molar-refractivity contribution in [1.29, 1.82) is 0 Å². The first kappa shape index (κ1) is 25.1. The molecule has 1 aliphatic heterocycles. The molecule has 4 heterocycles. The van der Waals surface area contributed by atoms with Gasteiger partial charge in [-0.05, 0) is 52.2 Å². The molecule has 10 rings (SSSR count). The number of benzene rings is 6. The monoisotopic (exact) mass is 593 g/mol. The summed E-state index contributed by atoms with van der Waals surface area (Å²) in [7, 11) is 0. The van der Waals surface area contributed by atoms with Crippen molar-refractivity contribution in [1.82, 2.24) is 14.5 Å². The maximum atomic E-state index is 5.32. The highest BCUT2D eigenvalue weighted by Crippen LogP contribution is 2.51. The number of thiophene rings is 1. The largest absolute Gasteiger partial charge is 0.300 e. The molecular formula is C41H27N3S. The summed E-state index contributed by atoms with van der Waals surface area (Å²) >= 11 is 1.89. The average molecular weight is 594 g/mol. The van der Waals surface area contributed by atoms with Crippen LogP contribution in [0.2, 0.25) is 0 Å². The molecule has 212 valence electrons. The van der Waals surface area contributed by atoms with Crippen molar-refractivity contribution in [2.75, 3.05) is 0 Å². The molecule has 0 unspecified atom stereocenters. The van der Waals surface area contributed by atoms with Gasteiger partial charge in [-0.3, -0.25) is 0 Å². The number of rotatable bonds is 2. The second-order valence-electron chi connectivity index (χ2n) is 12.6. The molecule has 6 aromatic carbocycles. The minimum Gasteiger partial charge on any atom is -0.300 e. The van der Waals surface area contributed by atoms with Gasteiger partial charge in [0.25, 0.3) is 0 Å². The lowest BCUT2D eigenvalue weighted by Gasteiger charge is -2.35. The summed E-state index contributed by atoms with van der Waals surface area (Å²) in [5.41, 5.74) is 9.09. The van der Waals surface area contributed by atoms with Crippen molar-refractivity contribution in [2.45, 2.75) is 19.3 Å². The van der Waals surface area contributed by atoms with Gasteiger partial charge in [-0.1, -0.05) is 111 Å². The Kier molecular flexibility index (Phi) is 4.94. The van der Waals surface area contributed by atoms with E-state index in [4.69, 9.17) is 9.97 Å². The lowest BCUT2D eigenvalue weighted by atomic mass is 9.74.